The maximum absolute atomic E-state index is 13.1. The summed E-state index contributed by atoms with van der Waals surface area (Å²) >= 11 is 0. The second kappa shape index (κ2) is 9.62. The van der Waals surface area contributed by atoms with Gasteiger partial charge in [-0.3, -0.25) is 5.32 Å². The molecule has 30 heavy (non-hydrogen) atoms. The lowest BCUT2D eigenvalue weighted by Crippen LogP contribution is -2.31. The van der Waals surface area contributed by atoms with Gasteiger partial charge in [-0.05, 0) is 42.8 Å². The molecular weight excluding hydrogens is 383 g/mol. The van der Waals surface area contributed by atoms with Crippen molar-refractivity contribution >= 4 is 29.4 Å². The Kier molecular flexibility index (Phi) is 6.71. The molecule has 0 aliphatic rings. The Morgan fingerprint density at radius 3 is 2.53 bits per heavy atom. The van der Waals surface area contributed by atoms with Gasteiger partial charge >= 0.3 is 6.03 Å². The maximum atomic E-state index is 13.1. The Labute approximate surface area is 174 Å². The Morgan fingerprint density at radius 2 is 1.90 bits per heavy atom. The number of halogens is 1. The maximum Gasteiger partial charge on any atom is 0.320 e. The lowest BCUT2D eigenvalue weighted by Gasteiger charge is -2.17. The van der Waals surface area contributed by atoms with Crippen LogP contribution in [-0.4, -0.2) is 17.2 Å². The van der Waals surface area contributed by atoms with Crippen LogP contribution >= 0.6 is 0 Å². The first-order valence-corrected chi connectivity index (χ1v) is 9.39. The van der Waals surface area contributed by atoms with Gasteiger partial charge in [-0.25, -0.2) is 14.2 Å². The first-order valence-electron chi connectivity index (χ1n) is 9.39. The lowest BCUT2D eigenvalue weighted by atomic mass is 10.1. The number of anilines is 3. The van der Waals surface area contributed by atoms with Crippen LogP contribution in [0.2, 0.25) is 0 Å². The number of nitrogens with zero attached hydrogens (tertiary/aromatic N) is 1. The highest BCUT2D eigenvalue weighted by atomic mass is 19.1. The lowest BCUT2D eigenvalue weighted by molar-refractivity contribution is 0.249. The molecule has 0 bridgehead atoms. The number of nitrogens with two attached hydrogens (primary N) is 1. The van der Waals surface area contributed by atoms with Crippen LogP contribution in [0.1, 0.15) is 29.8 Å². The minimum absolute atomic E-state index is 0.0852. The van der Waals surface area contributed by atoms with Crippen molar-refractivity contribution in [1.82, 2.24) is 10.3 Å². The number of hydrogen-bond acceptors (Lipinski definition) is 5. The van der Waals surface area contributed by atoms with E-state index in [4.69, 9.17) is 11.1 Å². The molecule has 2 aromatic carbocycles. The molecule has 3 aromatic rings. The Morgan fingerprint density at radius 1 is 1.20 bits per heavy atom. The van der Waals surface area contributed by atoms with E-state index in [0.717, 1.165) is 11.8 Å². The van der Waals surface area contributed by atoms with E-state index in [0.29, 0.717) is 22.6 Å². The van der Waals surface area contributed by atoms with Crippen molar-refractivity contribution in [1.29, 1.82) is 5.41 Å². The van der Waals surface area contributed by atoms with Gasteiger partial charge in [0.05, 0.1) is 17.4 Å². The molecule has 3 rings (SSSR count). The third-order valence-electron chi connectivity index (χ3n) is 4.48. The third kappa shape index (κ3) is 5.18. The zero-order chi connectivity index (χ0) is 21.5. The minimum Gasteiger partial charge on any atom is -0.353 e. The van der Waals surface area contributed by atoms with Crippen molar-refractivity contribution in [2.75, 3.05) is 10.6 Å². The summed E-state index contributed by atoms with van der Waals surface area (Å²) in [5.41, 5.74) is 8.93. The summed E-state index contributed by atoms with van der Waals surface area (Å²) in [4.78, 5) is 16.8. The normalized spacial score (nSPS) is 11.4. The molecule has 0 aliphatic heterocycles. The highest BCUT2D eigenvalue weighted by Crippen LogP contribution is 2.26. The summed E-state index contributed by atoms with van der Waals surface area (Å²) in [6.45, 7) is 1.97. The minimum atomic E-state index is -0.419. The van der Waals surface area contributed by atoms with E-state index in [1.807, 2.05) is 37.3 Å². The summed E-state index contributed by atoms with van der Waals surface area (Å²) in [6.07, 6.45) is 1.14. The molecular formula is C22H23FN6O. The van der Waals surface area contributed by atoms with Crippen LogP contribution in [-0.2, 0) is 6.54 Å². The van der Waals surface area contributed by atoms with E-state index in [-0.39, 0.29) is 24.2 Å². The van der Waals surface area contributed by atoms with Crippen molar-refractivity contribution < 1.29 is 9.18 Å². The standard InChI is InChI=1S/C22H23FN6O/c1-14(15-5-3-2-4-6-15)26-22(30)29-20-11-16(12-24)21(19(13-25)28-20)27-18-9-7-17(23)8-10-18/h2-12,14,24,27H,13,25H2,1H3,(H2,26,28,29,30)/t14-/m1/s1. The number of amides is 2. The number of carbonyl (C=O) groups excluding carboxylic acids is 1. The number of pyridine rings is 1. The van der Waals surface area contributed by atoms with Crippen molar-refractivity contribution in [3.05, 3.63) is 83.3 Å². The van der Waals surface area contributed by atoms with E-state index >= 15 is 0 Å². The van der Waals surface area contributed by atoms with E-state index in [1.54, 1.807) is 18.2 Å². The molecule has 8 heteroatoms. The van der Waals surface area contributed by atoms with Crippen LogP contribution in [0.5, 0.6) is 0 Å². The molecule has 0 fully saturated rings. The smallest absolute Gasteiger partial charge is 0.320 e. The average Bonchev–Trinajstić information content (AvgIpc) is 2.76. The topological polar surface area (TPSA) is 116 Å². The molecule has 0 aliphatic carbocycles. The van der Waals surface area contributed by atoms with Gasteiger partial charge in [0.1, 0.15) is 11.6 Å². The average molecular weight is 406 g/mol. The van der Waals surface area contributed by atoms with Gasteiger partial charge < -0.3 is 21.8 Å². The molecule has 0 saturated carbocycles. The van der Waals surface area contributed by atoms with E-state index < -0.39 is 6.03 Å². The van der Waals surface area contributed by atoms with Gasteiger partial charge in [0.15, 0.2) is 0 Å². The Balaban J connectivity index is 1.78. The third-order valence-corrected chi connectivity index (χ3v) is 4.48. The number of aromatic nitrogens is 1. The highest BCUT2D eigenvalue weighted by molar-refractivity contribution is 5.93. The van der Waals surface area contributed by atoms with Crippen LogP contribution in [0.4, 0.5) is 26.4 Å². The molecule has 1 atom stereocenters. The molecule has 2 amide bonds. The zero-order valence-electron chi connectivity index (χ0n) is 16.4. The highest BCUT2D eigenvalue weighted by Gasteiger charge is 2.14. The monoisotopic (exact) mass is 406 g/mol. The molecule has 0 unspecified atom stereocenters. The second-order valence-corrected chi connectivity index (χ2v) is 6.63. The molecule has 0 radical (unpaired) electrons. The van der Waals surface area contributed by atoms with Crippen molar-refractivity contribution in [3.63, 3.8) is 0 Å². The first-order chi connectivity index (χ1) is 14.5. The van der Waals surface area contributed by atoms with Gasteiger partial charge in [-0.1, -0.05) is 30.3 Å². The second-order valence-electron chi connectivity index (χ2n) is 6.63. The summed E-state index contributed by atoms with van der Waals surface area (Å²) < 4.78 is 13.1. The SMILES string of the molecule is C[C@@H](NC(=O)Nc1cc(C=N)c(Nc2ccc(F)cc2)c(CN)n1)c1ccccc1. The molecule has 0 spiro atoms. The molecule has 1 aromatic heterocycles. The largest absolute Gasteiger partial charge is 0.353 e. The molecule has 0 saturated heterocycles. The van der Waals surface area contributed by atoms with Crippen LogP contribution in [0.15, 0.2) is 60.7 Å². The number of rotatable bonds is 7. The van der Waals surface area contributed by atoms with Gasteiger partial charge in [-0.15, -0.1) is 0 Å². The predicted molar refractivity (Wildman–Crippen MR) is 117 cm³/mol. The van der Waals surface area contributed by atoms with Gasteiger partial charge in [0.2, 0.25) is 0 Å². The van der Waals surface area contributed by atoms with Crippen LogP contribution in [0.25, 0.3) is 0 Å². The number of nitrogens with one attached hydrogen (secondary N) is 4. The Hall–Kier alpha value is -3.78. The first kappa shape index (κ1) is 20.9. The number of hydrogen-bond donors (Lipinski definition) is 5. The van der Waals surface area contributed by atoms with E-state index in [9.17, 15) is 9.18 Å². The van der Waals surface area contributed by atoms with Gasteiger partial charge in [-0.2, -0.15) is 0 Å². The fraction of sp³-hybridized carbons (Fsp3) is 0.136. The molecule has 1 heterocycles. The zero-order valence-corrected chi connectivity index (χ0v) is 16.4. The van der Waals surface area contributed by atoms with Crippen LogP contribution in [0.3, 0.4) is 0 Å². The predicted octanol–water partition coefficient (Wildman–Crippen LogP) is 4.30. The van der Waals surface area contributed by atoms with Gasteiger partial charge in [0.25, 0.3) is 0 Å². The molecule has 6 N–H and O–H groups in total. The summed E-state index contributed by atoms with van der Waals surface area (Å²) in [5.74, 6) is -0.0725. The summed E-state index contributed by atoms with van der Waals surface area (Å²) in [7, 11) is 0. The van der Waals surface area contributed by atoms with E-state index in [2.05, 4.69) is 20.9 Å². The Bertz CT molecular complexity index is 1020. The van der Waals surface area contributed by atoms with Gasteiger partial charge in [0, 0.05) is 24.0 Å². The summed E-state index contributed by atoms with van der Waals surface area (Å²) in [5, 5.41) is 16.4. The number of benzene rings is 2. The fourth-order valence-electron chi connectivity index (χ4n) is 2.94. The van der Waals surface area contributed by atoms with E-state index in [1.165, 1.54) is 12.1 Å². The quantitative estimate of drug-likeness (QED) is 0.376. The fourth-order valence-corrected chi connectivity index (χ4v) is 2.94. The van der Waals surface area contributed by atoms with Crippen molar-refractivity contribution in [3.8, 4) is 0 Å². The van der Waals surface area contributed by atoms with Crippen molar-refractivity contribution in [2.45, 2.75) is 19.5 Å². The number of carbonyl (C=O) groups is 1. The van der Waals surface area contributed by atoms with Crippen molar-refractivity contribution in [2.24, 2.45) is 5.73 Å². The number of urea groups is 1. The molecule has 7 nitrogen and oxygen atoms in total. The summed E-state index contributed by atoms with van der Waals surface area (Å²) in [6, 6.07) is 16.4. The van der Waals surface area contributed by atoms with Crippen LogP contribution in [0, 0.1) is 11.2 Å². The molecule has 154 valence electrons. The van der Waals surface area contributed by atoms with Crippen LogP contribution < -0.4 is 21.7 Å².